The van der Waals surface area contributed by atoms with Crippen molar-refractivity contribution in [3.63, 3.8) is 0 Å². The predicted octanol–water partition coefficient (Wildman–Crippen LogP) is 3.38. The normalized spacial score (nSPS) is 12.2. The molecule has 28 heavy (non-hydrogen) atoms. The van der Waals surface area contributed by atoms with Gasteiger partial charge in [0, 0.05) is 48.1 Å². The summed E-state index contributed by atoms with van der Waals surface area (Å²) in [6.45, 7) is 5.63. The number of fused-ring (bicyclic) bond motifs is 5. The number of pyridine rings is 2. The van der Waals surface area contributed by atoms with Gasteiger partial charge in [0.2, 0.25) is 0 Å². The summed E-state index contributed by atoms with van der Waals surface area (Å²) in [5, 5.41) is 4.27. The molecule has 1 aliphatic rings. The first kappa shape index (κ1) is 18.1. The van der Waals surface area contributed by atoms with Gasteiger partial charge in [-0.1, -0.05) is 12.7 Å². The number of carbonyl (C=O) groups excluding carboxylic acids is 1. The highest BCUT2D eigenvalue weighted by Gasteiger charge is 2.32. The van der Waals surface area contributed by atoms with Gasteiger partial charge in [-0.15, -0.1) is 0 Å². The number of likely N-dealkylation sites (N-methyl/N-ethyl adjacent to an activating group) is 1. The van der Waals surface area contributed by atoms with E-state index in [2.05, 4.69) is 21.8 Å². The van der Waals surface area contributed by atoms with Crippen LogP contribution in [0.4, 0.5) is 5.82 Å². The third-order valence-corrected chi connectivity index (χ3v) is 4.74. The van der Waals surface area contributed by atoms with Crippen LogP contribution in [0.15, 0.2) is 49.3 Å². The van der Waals surface area contributed by atoms with Crippen LogP contribution in [0.5, 0.6) is 5.75 Å². The number of rotatable bonds is 7. The summed E-state index contributed by atoms with van der Waals surface area (Å²) in [4.78, 5) is 24.1. The van der Waals surface area contributed by atoms with Crippen LogP contribution in [-0.2, 0) is 0 Å². The Morgan fingerprint density at radius 2 is 2.07 bits per heavy atom. The third kappa shape index (κ3) is 3.12. The summed E-state index contributed by atoms with van der Waals surface area (Å²) < 4.78 is 5.66. The molecule has 142 valence electrons. The Morgan fingerprint density at radius 3 is 2.86 bits per heavy atom. The number of anilines is 1. The van der Waals surface area contributed by atoms with Crippen molar-refractivity contribution >= 4 is 22.5 Å². The van der Waals surface area contributed by atoms with Crippen LogP contribution in [0.1, 0.15) is 15.9 Å². The van der Waals surface area contributed by atoms with Gasteiger partial charge in [-0.25, -0.2) is 4.98 Å². The fraction of sp³-hybridized carbons (Fsp3) is 0.227. The highest BCUT2D eigenvalue weighted by Crippen LogP contribution is 2.43. The lowest BCUT2D eigenvalue weighted by Gasteiger charge is -2.15. The Hall–Kier alpha value is -3.25. The van der Waals surface area contributed by atoms with Gasteiger partial charge in [-0.2, -0.15) is 0 Å². The maximum absolute atomic E-state index is 13.1. The molecular formula is C22H22N4O2. The molecule has 0 radical (unpaired) electrons. The summed E-state index contributed by atoms with van der Waals surface area (Å²) >= 11 is 0. The lowest BCUT2D eigenvalue weighted by atomic mass is 10.0. The molecule has 0 bridgehead atoms. The van der Waals surface area contributed by atoms with E-state index in [9.17, 15) is 4.79 Å². The van der Waals surface area contributed by atoms with E-state index in [1.54, 1.807) is 18.5 Å². The van der Waals surface area contributed by atoms with Crippen molar-refractivity contribution in [3.8, 4) is 16.9 Å². The Kier molecular flexibility index (Phi) is 4.79. The molecule has 0 aliphatic heterocycles. The first-order valence-corrected chi connectivity index (χ1v) is 9.19. The molecule has 2 heterocycles. The largest absolute Gasteiger partial charge is 0.489 e. The molecule has 6 nitrogen and oxygen atoms in total. The van der Waals surface area contributed by atoms with Crippen LogP contribution in [0, 0.1) is 0 Å². The van der Waals surface area contributed by atoms with Gasteiger partial charge in [-0.3, -0.25) is 9.78 Å². The molecule has 3 aromatic rings. The molecule has 2 aromatic heterocycles. The van der Waals surface area contributed by atoms with Crippen molar-refractivity contribution in [2.45, 2.75) is 0 Å². The molecule has 6 heteroatoms. The standard InChI is InChI=1S/C22H22N4O2/c1-4-11-28-14-5-6-16-18(12-14)25-22(24-9-10-26(2)3)20-19(16)15-7-8-23-13-17(15)21(20)27/h4-8,12-13H,1,9-11H2,2-3H3,(H,24,25). The Morgan fingerprint density at radius 1 is 1.21 bits per heavy atom. The summed E-state index contributed by atoms with van der Waals surface area (Å²) in [6.07, 6.45) is 5.05. The monoisotopic (exact) mass is 374 g/mol. The molecule has 0 amide bonds. The number of nitrogens with zero attached hydrogens (tertiary/aromatic N) is 3. The Balaban J connectivity index is 1.88. The highest BCUT2D eigenvalue weighted by molar-refractivity contribution is 6.27. The van der Waals surface area contributed by atoms with Crippen LogP contribution in [0.3, 0.4) is 0 Å². The molecule has 0 spiro atoms. The Labute approximate surface area is 163 Å². The molecule has 0 fully saturated rings. The van der Waals surface area contributed by atoms with Crippen molar-refractivity contribution in [3.05, 3.63) is 60.4 Å². The van der Waals surface area contributed by atoms with Crippen molar-refractivity contribution in [2.75, 3.05) is 39.1 Å². The third-order valence-electron chi connectivity index (χ3n) is 4.74. The van der Waals surface area contributed by atoms with Crippen molar-refractivity contribution < 1.29 is 9.53 Å². The fourth-order valence-corrected chi connectivity index (χ4v) is 3.44. The number of hydrogen-bond acceptors (Lipinski definition) is 6. The Bertz CT molecular complexity index is 1080. The molecule has 4 rings (SSSR count). The number of hydrogen-bond donors (Lipinski definition) is 1. The quantitative estimate of drug-likeness (QED) is 0.500. The molecule has 0 unspecified atom stereocenters. The maximum Gasteiger partial charge on any atom is 0.199 e. The van der Waals surface area contributed by atoms with Crippen LogP contribution in [0.2, 0.25) is 0 Å². The van der Waals surface area contributed by atoms with Crippen molar-refractivity contribution in [1.29, 1.82) is 0 Å². The summed E-state index contributed by atoms with van der Waals surface area (Å²) in [7, 11) is 4.02. The number of ketones is 1. The minimum absolute atomic E-state index is 0.0353. The van der Waals surface area contributed by atoms with E-state index < -0.39 is 0 Å². The number of benzene rings is 1. The molecule has 1 aliphatic carbocycles. The van der Waals surface area contributed by atoms with E-state index in [0.717, 1.165) is 34.3 Å². The molecule has 1 N–H and O–H groups in total. The average Bonchev–Trinajstić information content (AvgIpc) is 2.99. The summed E-state index contributed by atoms with van der Waals surface area (Å²) in [5.41, 5.74) is 3.83. The minimum atomic E-state index is -0.0353. The molecule has 0 saturated heterocycles. The summed E-state index contributed by atoms with van der Waals surface area (Å²) in [5.74, 6) is 1.29. The molecule has 1 aromatic carbocycles. The van der Waals surface area contributed by atoms with Gasteiger partial charge in [0.1, 0.15) is 18.2 Å². The van der Waals surface area contributed by atoms with Crippen molar-refractivity contribution in [1.82, 2.24) is 14.9 Å². The SMILES string of the molecule is C=CCOc1ccc2c3c(c(NCCN(C)C)nc2c1)C(=O)c1cnccc1-3. The van der Waals surface area contributed by atoms with Gasteiger partial charge in [0.05, 0.1) is 11.1 Å². The van der Waals surface area contributed by atoms with Gasteiger partial charge < -0.3 is 15.0 Å². The molecule has 0 saturated carbocycles. The van der Waals surface area contributed by atoms with E-state index in [1.165, 1.54) is 0 Å². The first-order valence-electron chi connectivity index (χ1n) is 9.19. The topological polar surface area (TPSA) is 67.3 Å². The van der Waals surface area contributed by atoms with E-state index in [-0.39, 0.29) is 5.78 Å². The first-order chi connectivity index (χ1) is 13.6. The number of nitrogens with one attached hydrogen (secondary N) is 1. The zero-order chi connectivity index (χ0) is 19.7. The van der Waals surface area contributed by atoms with Crippen LogP contribution >= 0.6 is 0 Å². The van der Waals surface area contributed by atoms with Gasteiger partial charge >= 0.3 is 0 Å². The second kappa shape index (κ2) is 7.40. The van der Waals surface area contributed by atoms with Crippen LogP contribution in [0.25, 0.3) is 22.0 Å². The van der Waals surface area contributed by atoms with Gasteiger partial charge in [0.25, 0.3) is 0 Å². The van der Waals surface area contributed by atoms with E-state index in [0.29, 0.717) is 30.1 Å². The predicted molar refractivity (Wildman–Crippen MR) is 111 cm³/mol. The van der Waals surface area contributed by atoms with Gasteiger partial charge in [-0.05, 0) is 37.9 Å². The lowest BCUT2D eigenvalue weighted by molar-refractivity contribution is 0.104. The number of aromatic nitrogens is 2. The van der Waals surface area contributed by atoms with E-state index >= 15 is 0 Å². The molecule has 0 atom stereocenters. The number of carbonyl (C=O) groups is 1. The smallest absolute Gasteiger partial charge is 0.199 e. The average molecular weight is 374 g/mol. The van der Waals surface area contributed by atoms with Crippen LogP contribution < -0.4 is 10.1 Å². The van der Waals surface area contributed by atoms with E-state index in [4.69, 9.17) is 9.72 Å². The second-order valence-corrected chi connectivity index (χ2v) is 6.97. The lowest BCUT2D eigenvalue weighted by Crippen LogP contribution is -2.22. The zero-order valence-electron chi connectivity index (χ0n) is 16.0. The minimum Gasteiger partial charge on any atom is -0.489 e. The van der Waals surface area contributed by atoms with Crippen LogP contribution in [-0.4, -0.2) is 54.4 Å². The van der Waals surface area contributed by atoms with E-state index in [1.807, 2.05) is 38.4 Å². The second-order valence-electron chi connectivity index (χ2n) is 6.97. The molecular weight excluding hydrogens is 352 g/mol. The van der Waals surface area contributed by atoms with Crippen molar-refractivity contribution in [2.24, 2.45) is 0 Å². The maximum atomic E-state index is 13.1. The fourth-order valence-electron chi connectivity index (χ4n) is 3.44. The summed E-state index contributed by atoms with van der Waals surface area (Å²) in [6, 6.07) is 7.66. The van der Waals surface area contributed by atoms with Gasteiger partial charge in [0.15, 0.2) is 5.78 Å². The highest BCUT2D eigenvalue weighted by atomic mass is 16.5. The zero-order valence-corrected chi connectivity index (χ0v) is 16.0. The number of ether oxygens (including phenoxy) is 1.